The van der Waals surface area contributed by atoms with Crippen molar-refractivity contribution in [3.8, 4) is 5.75 Å². The van der Waals surface area contributed by atoms with Crippen LogP contribution in [0.3, 0.4) is 0 Å². The van der Waals surface area contributed by atoms with Gasteiger partial charge < -0.3 is 20.7 Å². The quantitative estimate of drug-likeness (QED) is 0.787. The minimum Gasteiger partial charge on any atom is -0.492 e. The maximum absolute atomic E-state index is 12.1. The molecule has 0 saturated carbocycles. The van der Waals surface area contributed by atoms with E-state index in [1.54, 1.807) is 36.4 Å². The molecule has 0 aromatic heterocycles. The van der Waals surface area contributed by atoms with E-state index in [-0.39, 0.29) is 11.9 Å². The van der Waals surface area contributed by atoms with Crippen molar-refractivity contribution in [3.63, 3.8) is 0 Å². The summed E-state index contributed by atoms with van der Waals surface area (Å²) in [7, 11) is 0. The first-order chi connectivity index (χ1) is 11.1. The van der Waals surface area contributed by atoms with E-state index in [0.717, 1.165) is 0 Å². The van der Waals surface area contributed by atoms with Crippen LogP contribution in [0.15, 0.2) is 48.5 Å². The molecule has 2 rings (SSSR count). The maximum Gasteiger partial charge on any atom is 0.323 e. The molecule has 0 atom stereocenters. The minimum absolute atomic E-state index is 0.143. The molecule has 0 aliphatic rings. The lowest BCUT2D eigenvalue weighted by Crippen LogP contribution is -2.20. The van der Waals surface area contributed by atoms with Crippen LogP contribution in [0.2, 0.25) is 0 Å². The molecular weight excluding hydrogens is 294 g/mol. The van der Waals surface area contributed by atoms with Crippen LogP contribution in [-0.4, -0.2) is 18.5 Å². The standard InChI is InChI=1S/C17H19N3O3/c1-3-23-16-7-5-4-6-15(16)20-17(22)19-14-10-8-13(9-11-14)18-12(2)21/h4-11H,3H2,1-2H3,(H,18,21)(H2,19,20,22). The fourth-order valence-corrected chi connectivity index (χ4v) is 1.98. The Morgan fingerprint density at radius 3 is 2.13 bits per heavy atom. The highest BCUT2D eigenvalue weighted by molar-refractivity contribution is 6.00. The molecule has 2 aromatic rings. The van der Waals surface area contributed by atoms with Crippen molar-refractivity contribution >= 4 is 29.0 Å². The molecule has 0 spiro atoms. The Labute approximate surface area is 134 Å². The lowest BCUT2D eigenvalue weighted by Gasteiger charge is -2.12. The molecule has 23 heavy (non-hydrogen) atoms. The summed E-state index contributed by atoms with van der Waals surface area (Å²) < 4.78 is 5.46. The van der Waals surface area contributed by atoms with Gasteiger partial charge in [-0.25, -0.2) is 4.79 Å². The van der Waals surface area contributed by atoms with Crippen LogP contribution in [0.25, 0.3) is 0 Å². The number of ether oxygens (including phenoxy) is 1. The molecule has 6 nitrogen and oxygen atoms in total. The Morgan fingerprint density at radius 1 is 0.913 bits per heavy atom. The van der Waals surface area contributed by atoms with Crippen molar-refractivity contribution in [1.29, 1.82) is 0 Å². The van der Waals surface area contributed by atoms with Gasteiger partial charge in [-0.1, -0.05) is 12.1 Å². The second kappa shape index (κ2) is 7.84. The van der Waals surface area contributed by atoms with E-state index >= 15 is 0 Å². The number of benzene rings is 2. The Balaban J connectivity index is 1.98. The number of anilines is 3. The summed E-state index contributed by atoms with van der Waals surface area (Å²) in [6.07, 6.45) is 0. The summed E-state index contributed by atoms with van der Waals surface area (Å²) in [4.78, 5) is 23.0. The smallest absolute Gasteiger partial charge is 0.323 e. The Hall–Kier alpha value is -3.02. The van der Waals surface area contributed by atoms with Crippen molar-refractivity contribution in [1.82, 2.24) is 0 Å². The number of amides is 3. The van der Waals surface area contributed by atoms with Crippen LogP contribution >= 0.6 is 0 Å². The summed E-state index contributed by atoms with van der Waals surface area (Å²) in [5.74, 6) is 0.474. The average molecular weight is 313 g/mol. The van der Waals surface area contributed by atoms with E-state index in [9.17, 15) is 9.59 Å². The molecule has 2 aromatic carbocycles. The zero-order valence-corrected chi connectivity index (χ0v) is 13.1. The number of carbonyl (C=O) groups is 2. The predicted molar refractivity (Wildman–Crippen MR) is 91.0 cm³/mol. The molecular formula is C17H19N3O3. The first kappa shape index (κ1) is 16.4. The molecule has 0 aliphatic heterocycles. The van der Waals surface area contributed by atoms with E-state index in [1.807, 2.05) is 19.1 Å². The number of hydrogen-bond donors (Lipinski definition) is 3. The summed E-state index contributed by atoms with van der Waals surface area (Å²) in [6.45, 7) is 3.84. The second-order valence-electron chi connectivity index (χ2n) is 4.77. The normalized spacial score (nSPS) is 9.83. The van der Waals surface area contributed by atoms with Crippen molar-refractivity contribution in [2.45, 2.75) is 13.8 Å². The van der Waals surface area contributed by atoms with Gasteiger partial charge in [-0.05, 0) is 43.3 Å². The Bertz CT molecular complexity index is 684. The maximum atomic E-state index is 12.1. The molecule has 0 unspecified atom stereocenters. The number of urea groups is 1. The molecule has 0 saturated heterocycles. The van der Waals surface area contributed by atoms with Crippen LogP contribution < -0.4 is 20.7 Å². The molecule has 6 heteroatoms. The first-order valence-corrected chi connectivity index (χ1v) is 7.26. The number of carbonyl (C=O) groups excluding carboxylic acids is 2. The molecule has 0 bridgehead atoms. The van der Waals surface area contributed by atoms with E-state index in [4.69, 9.17) is 4.74 Å². The highest BCUT2D eigenvalue weighted by atomic mass is 16.5. The monoisotopic (exact) mass is 313 g/mol. The fraction of sp³-hybridized carbons (Fsp3) is 0.176. The van der Waals surface area contributed by atoms with Gasteiger partial charge in [0.05, 0.1) is 12.3 Å². The van der Waals surface area contributed by atoms with Gasteiger partial charge in [0.25, 0.3) is 0 Å². The summed E-state index contributed by atoms with van der Waals surface area (Å²) in [5.41, 5.74) is 1.89. The number of para-hydroxylation sites is 2. The Morgan fingerprint density at radius 2 is 1.52 bits per heavy atom. The third-order valence-corrected chi connectivity index (χ3v) is 2.90. The molecule has 0 radical (unpaired) electrons. The fourth-order valence-electron chi connectivity index (χ4n) is 1.98. The third-order valence-electron chi connectivity index (χ3n) is 2.90. The molecule has 0 heterocycles. The van der Waals surface area contributed by atoms with Gasteiger partial charge in [0.2, 0.25) is 5.91 Å². The Kier molecular flexibility index (Phi) is 5.57. The van der Waals surface area contributed by atoms with Crippen molar-refractivity contribution in [2.75, 3.05) is 22.6 Å². The summed E-state index contributed by atoms with van der Waals surface area (Å²) >= 11 is 0. The van der Waals surface area contributed by atoms with Crippen LogP contribution in [0.5, 0.6) is 5.75 Å². The van der Waals surface area contributed by atoms with Gasteiger partial charge in [0.1, 0.15) is 5.75 Å². The topological polar surface area (TPSA) is 79.5 Å². The molecule has 3 N–H and O–H groups in total. The van der Waals surface area contributed by atoms with E-state index in [1.165, 1.54) is 6.92 Å². The molecule has 0 fully saturated rings. The van der Waals surface area contributed by atoms with Crippen LogP contribution in [0.1, 0.15) is 13.8 Å². The molecule has 0 aliphatic carbocycles. The highest BCUT2D eigenvalue weighted by Gasteiger charge is 2.07. The van der Waals surface area contributed by atoms with Gasteiger partial charge >= 0.3 is 6.03 Å². The lowest BCUT2D eigenvalue weighted by molar-refractivity contribution is -0.114. The van der Waals surface area contributed by atoms with Crippen LogP contribution in [0.4, 0.5) is 21.9 Å². The van der Waals surface area contributed by atoms with Crippen molar-refractivity contribution in [2.24, 2.45) is 0 Å². The van der Waals surface area contributed by atoms with Gasteiger partial charge in [-0.2, -0.15) is 0 Å². The number of hydrogen-bond acceptors (Lipinski definition) is 3. The van der Waals surface area contributed by atoms with Gasteiger partial charge in [-0.3, -0.25) is 4.79 Å². The van der Waals surface area contributed by atoms with Gasteiger partial charge in [0, 0.05) is 18.3 Å². The molecule has 120 valence electrons. The van der Waals surface area contributed by atoms with E-state index in [0.29, 0.717) is 29.4 Å². The van der Waals surface area contributed by atoms with E-state index < -0.39 is 0 Å². The average Bonchev–Trinajstić information content (AvgIpc) is 2.51. The zero-order chi connectivity index (χ0) is 16.7. The van der Waals surface area contributed by atoms with Crippen LogP contribution in [-0.2, 0) is 4.79 Å². The first-order valence-electron chi connectivity index (χ1n) is 7.26. The lowest BCUT2D eigenvalue weighted by atomic mass is 10.2. The molecule has 3 amide bonds. The second-order valence-corrected chi connectivity index (χ2v) is 4.77. The third kappa shape index (κ3) is 5.03. The van der Waals surface area contributed by atoms with Crippen molar-refractivity contribution in [3.05, 3.63) is 48.5 Å². The van der Waals surface area contributed by atoms with Crippen molar-refractivity contribution < 1.29 is 14.3 Å². The highest BCUT2D eigenvalue weighted by Crippen LogP contribution is 2.24. The van der Waals surface area contributed by atoms with Gasteiger partial charge in [0.15, 0.2) is 0 Å². The predicted octanol–water partition coefficient (Wildman–Crippen LogP) is 3.69. The summed E-state index contributed by atoms with van der Waals surface area (Å²) in [5, 5.41) is 8.13. The van der Waals surface area contributed by atoms with Crippen LogP contribution in [0, 0.1) is 0 Å². The minimum atomic E-state index is -0.371. The van der Waals surface area contributed by atoms with Gasteiger partial charge in [-0.15, -0.1) is 0 Å². The zero-order valence-electron chi connectivity index (χ0n) is 13.1. The number of rotatable bonds is 5. The number of nitrogens with one attached hydrogen (secondary N) is 3. The SMILES string of the molecule is CCOc1ccccc1NC(=O)Nc1ccc(NC(C)=O)cc1. The largest absolute Gasteiger partial charge is 0.492 e. The van der Waals surface area contributed by atoms with E-state index in [2.05, 4.69) is 16.0 Å². The summed E-state index contributed by atoms with van der Waals surface area (Å²) in [6, 6.07) is 13.7.